The molecule has 1 N–H and O–H groups in total. The highest BCUT2D eigenvalue weighted by molar-refractivity contribution is 9.10. The number of hydrogen-bond donors (Lipinski definition) is 1. The van der Waals surface area contributed by atoms with Crippen molar-refractivity contribution in [1.29, 1.82) is 0 Å². The average molecular weight is 756 g/mol. The topological polar surface area (TPSA) is 86.8 Å². The number of sulfonamides is 1. The Labute approximate surface area is 283 Å². The van der Waals surface area contributed by atoms with Gasteiger partial charge in [-0.25, -0.2) is 8.42 Å². The zero-order valence-electron chi connectivity index (χ0n) is 25.3. The molecule has 1 unspecified atom stereocenters. The molecule has 2 amide bonds. The van der Waals surface area contributed by atoms with Gasteiger partial charge >= 0.3 is 0 Å². The molecule has 1 atom stereocenters. The summed E-state index contributed by atoms with van der Waals surface area (Å²) in [5.74, 6) is -0.789. The van der Waals surface area contributed by atoms with Crippen molar-refractivity contribution in [3.63, 3.8) is 0 Å². The zero-order valence-corrected chi connectivity index (χ0v) is 29.3. The molecule has 0 radical (unpaired) electrons. The normalized spacial score (nSPS) is 11.9. The van der Waals surface area contributed by atoms with Crippen LogP contribution >= 0.6 is 31.9 Å². The third kappa shape index (κ3) is 9.51. The summed E-state index contributed by atoms with van der Waals surface area (Å²) in [6, 6.07) is 29.5. The Morgan fingerprint density at radius 2 is 1.47 bits per heavy atom. The zero-order chi connectivity index (χ0) is 32.4. The molecule has 4 rings (SSSR count). The van der Waals surface area contributed by atoms with Gasteiger partial charge in [-0.15, -0.1) is 0 Å². The predicted octanol–water partition coefficient (Wildman–Crippen LogP) is 7.27. The molecule has 4 aromatic carbocycles. The van der Waals surface area contributed by atoms with Crippen LogP contribution in [-0.4, -0.2) is 44.3 Å². The fourth-order valence-electron chi connectivity index (χ4n) is 4.89. The van der Waals surface area contributed by atoms with E-state index in [9.17, 15) is 18.0 Å². The molecular weight excluding hydrogens is 718 g/mol. The summed E-state index contributed by atoms with van der Waals surface area (Å²) in [4.78, 5) is 29.9. The summed E-state index contributed by atoms with van der Waals surface area (Å²) >= 11 is 6.96. The van der Waals surface area contributed by atoms with Gasteiger partial charge in [0.1, 0.15) is 12.6 Å². The van der Waals surface area contributed by atoms with Crippen molar-refractivity contribution in [3.05, 3.63) is 129 Å². The van der Waals surface area contributed by atoms with E-state index in [0.29, 0.717) is 16.7 Å². The summed E-state index contributed by atoms with van der Waals surface area (Å²) < 4.78 is 30.9. The van der Waals surface area contributed by atoms with E-state index in [0.717, 1.165) is 38.3 Å². The molecule has 10 heteroatoms. The van der Waals surface area contributed by atoms with Crippen LogP contribution in [0.15, 0.2) is 117 Å². The summed E-state index contributed by atoms with van der Waals surface area (Å²) in [5, 5.41) is 3.01. The fourth-order valence-corrected chi connectivity index (χ4v) is 7.13. The first-order chi connectivity index (χ1) is 21.6. The lowest BCUT2D eigenvalue weighted by molar-refractivity contribution is -0.140. The van der Waals surface area contributed by atoms with E-state index in [1.165, 1.54) is 4.90 Å². The van der Waals surface area contributed by atoms with Gasteiger partial charge in [-0.1, -0.05) is 111 Å². The molecule has 4 aromatic rings. The first-order valence-electron chi connectivity index (χ1n) is 14.8. The number of halogens is 2. The van der Waals surface area contributed by atoms with Crippen LogP contribution in [-0.2, 0) is 32.6 Å². The molecule has 45 heavy (non-hydrogen) atoms. The Hall–Kier alpha value is -3.47. The molecule has 0 fully saturated rings. The number of benzene rings is 4. The molecule has 0 spiro atoms. The number of hydrogen-bond acceptors (Lipinski definition) is 4. The summed E-state index contributed by atoms with van der Waals surface area (Å²) in [7, 11) is -4.16. The predicted molar refractivity (Wildman–Crippen MR) is 186 cm³/mol. The lowest BCUT2D eigenvalue weighted by Crippen LogP contribution is -2.53. The highest BCUT2D eigenvalue weighted by atomic mass is 79.9. The second kappa shape index (κ2) is 16.2. The standard InChI is InChI=1S/C35H37Br2N3O4S/c1-3-4-20-38-35(42)33(22-27-10-6-5-7-11-27)39(24-28-12-8-13-29(36)21-28)34(41)25-40(31-15-9-14-30(37)23-31)45(43,44)32-18-16-26(2)17-19-32/h5-19,21,23,33H,3-4,20,22,24-25H2,1-2H3,(H,38,42). The molecule has 0 saturated heterocycles. The quantitative estimate of drug-likeness (QED) is 0.137. The Morgan fingerprint density at radius 1 is 0.822 bits per heavy atom. The summed E-state index contributed by atoms with van der Waals surface area (Å²) in [5.41, 5.74) is 2.92. The molecule has 0 aromatic heterocycles. The van der Waals surface area contributed by atoms with Crippen molar-refractivity contribution >= 4 is 59.4 Å². The maximum atomic E-state index is 14.5. The maximum Gasteiger partial charge on any atom is 0.264 e. The van der Waals surface area contributed by atoms with E-state index >= 15 is 0 Å². The van der Waals surface area contributed by atoms with Gasteiger partial charge in [-0.05, 0) is 66.9 Å². The van der Waals surface area contributed by atoms with E-state index in [1.54, 1.807) is 48.5 Å². The van der Waals surface area contributed by atoms with Crippen LogP contribution in [0.4, 0.5) is 5.69 Å². The number of carbonyl (C=O) groups is 2. The van der Waals surface area contributed by atoms with Gasteiger partial charge < -0.3 is 10.2 Å². The molecular formula is C35H37Br2N3O4S. The Balaban J connectivity index is 1.79. The Bertz CT molecular complexity index is 1700. The first-order valence-corrected chi connectivity index (χ1v) is 17.8. The van der Waals surface area contributed by atoms with E-state index in [1.807, 2.05) is 68.4 Å². The maximum absolute atomic E-state index is 14.5. The van der Waals surface area contributed by atoms with Crippen LogP contribution in [0, 0.1) is 6.92 Å². The van der Waals surface area contributed by atoms with E-state index < -0.39 is 28.5 Å². The lowest BCUT2D eigenvalue weighted by atomic mass is 10.0. The van der Waals surface area contributed by atoms with Gasteiger partial charge in [0.25, 0.3) is 10.0 Å². The highest BCUT2D eigenvalue weighted by Crippen LogP contribution is 2.28. The Kier molecular flexibility index (Phi) is 12.4. The van der Waals surface area contributed by atoms with Gasteiger partial charge in [-0.3, -0.25) is 13.9 Å². The van der Waals surface area contributed by atoms with Crippen LogP contribution in [0.5, 0.6) is 0 Å². The molecule has 0 bridgehead atoms. The Morgan fingerprint density at radius 3 is 2.11 bits per heavy atom. The molecule has 236 valence electrons. The van der Waals surface area contributed by atoms with Crippen molar-refractivity contribution in [2.45, 2.75) is 50.6 Å². The third-order valence-corrected chi connectivity index (χ3v) is 10.1. The van der Waals surface area contributed by atoms with Crippen molar-refractivity contribution in [1.82, 2.24) is 10.2 Å². The average Bonchev–Trinajstić information content (AvgIpc) is 3.02. The van der Waals surface area contributed by atoms with Crippen LogP contribution in [0.25, 0.3) is 0 Å². The largest absolute Gasteiger partial charge is 0.354 e. The van der Waals surface area contributed by atoms with Gasteiger partial charge in [0.2, 0.25) is 11.8 Å². The first kappa shape index (κ1) is 34.4. The van der Waals surface area contributed by atoms with Crippen LogP contribution in [0.2, 0.25) is 0 Å². The molecule has 0 heterocycles. The minimum atomic E-state index is -4.16. The van der Waals surface area contributed by atoms with Crippen molar-refractivity contribution in [2.75, 3.05) is 17.4 Å². The fraction of sp³-hybridized carbons (Fsp3) is 0.257. The van der Waals surface area contributed by atoms with Gasteiger partial charge in [0.15, 0.2) is 0 Å². The van der Waals surface area contributed by atoms with Gasteiger partial charge in [0, 0.05) is 28.5 Å². The van der Waals surface area contributed by atoms with Gasteiger partial charge in [-0.2, -0.15) is 0 Å². The van der Waals surface area contributed by atoms with Crippen molar-refractivity contribution in [3.8, 4) is 0 Å². The van der Waals surface area contributed by atoms with Crippen LogP contribution < -0.4 is 9.62 Å². The molecule has 0 aliphatic heterocycles. The molecule has 0 aliphatic rings. The number of carbonyl (C=O) groups excluding carboxylic acids is 2. The SMILES string of the molecule is CCCCNC(=O)C(Cc1ccccc1)N(Cc1cccc(Br)c1)C(=O)CN(c1cccc(Br)c1)S(=O)(=O)c1ccc(C)cc1. The number of unbranched alkanes of at least 4 members (excludes halogenated alkanes) is 1. The van der Waals surface area contributed by atoms with Crippen LogP contribution in [0.3, 0.4) is 0 Å². The highest BCUT2D eigenvalue weighted by Gasteiger charge is 2.34. The number of nitrogens with one attached hydrogen (secondary N) is 1. The summed E-state index contributed by atoms with van der Waals surface area (Å²) in [6.07, 6.45) is 1.97. The van der Waals surface area contributed by atoms with Crippen LogP contribution in [0.1, 0.15) is 36.5 Å². The number of aryl methyl sites for hydroxylation is 1. The minimum absolute atomic E-state index is 0.0672. The number of nitrogens with zero attached hydrogens (tertiary/aromatic N) is 2. The second-order valence-electron chi connectivity index (χ2n) is 10.8. The van der Waals surface area contributed by atoms with E-state index in [-0.39, 0.29) is 23.8 Å². The van der Waals surface area contributed by atoms with Gasteiger partial charge in [0.05, 0.1) is 10.6 Å². The lowest BCUT2D eigenvalue weighted by Gasteiger charge is -2.34. The third-order valence-electron chi connectivity index (χ3n) is 7.33. The second-order valence-corrected chi connectivity index (χ2v) is 14.5. The summed E-state index contributed by atoms with van der Waals surface area (Å²) in [6.45, 7) is 4.00. The number of rotatable bonds is 14. The van der Waals surface area contributed by atoms with E-state index in [2.05, 4.69) is 37.2 Å². The molecule has 0 aliphatic carbocycles. The van der Waals surface area contributed by atoms with E-state index in [4.69, 9.17) is 0 Å². The monoisotopic (exact) mass is 753 g/mol. The molecule has 7 nitrogen and oxygen atoms in total. The number of amides is 2. The minimum Gasteiger partial charge on any atom is -0.354 e. The molecule has 0 saturated carbocycles. The number of anilines is 1. The smallest absolute Gasteiger partial charge is 0.264 e. The van der Waals surface area contributed by atoms with Crippen molar-refractivity contribution < 1.29 is 18.0 Å². The van der Waals surface area contributed by atoms with Crippen molar-refractivity contribution in [2.24, 2.45) is 0 Å².